The van der Waals surface area contributed by atoms with Gasteiger partial charge in [0, 0.05) is 12.2 Å². The van der Waals surface area contributed by atoms with Gasteiger partial charge in [0.05, 0.1) is 12.4 Å². The van der Waals surface area contributed by atoms with E-state index in [1.807, 2.05) is 61.5 Å². The maximum Gasteiger partial charge on any atom is 0.271 e. The number of carbonyl (C=O) groups is 1. The molecule has 5 nitrogen and oxygen atoms in total. The summed E-state index contributed by atoms with van der Waals surface area (Å²) in [6, 6.07) is 18.0. The van der Waals surface area contributed by atoms with Crippen LogP contribution in [0.1, 0.15) is 21.6 Å². The van der Waals surface area contributed by atoms with E-state index < -0.39 is 0 Å². The molecule has 0 atom stereocenters. The highest BCUT2D eigenvalue weighted by atomic mass is 16.1. The normalized spacial score (nSPS) is 10.3. The molecule has 0 fully saturated rings. The SMILES string of the molecule is Cc1ccccc1Nc1cnc(C(=O)NCCc2ccccc2)cn1. The van der Waals surface area contributed by atoms with Crippen LogP contribution in [0.5, 0.6) is 0 Å². The number of carbonyl (C=O) groups excluding carboxylic acids is 1. The number of nitrogens with zero attached hydrogens (tertiary/aromatic N) is 2. The Kier molecular flexibility index (Phi) is 5.36. The van der Waals surface area contributed by atoms with Gasteiger partial charge in [0.25, 0.3) is 5.91 Å². The number of anilines is 2. The molecule has 0 saturated heterocycles. The second-order valence-corrected chi connectivity index (χ2v) is 5.72. The van der Waals surface area contributed by atoms with Crippen molar-refractivity contribution in [3.05, 3.63) is 83.8 Å². The molecule has 0 aliphatic rings. The first kappa shape index (κ1) is 16.6. The van der Waals surface area contributed by atoms with Crippen LogP contribution in [0, 0.1) is 6.92 Å². The molecule has 0 unspecified atom stereocenters. The first-order valence-electron chi connectivity index (χ1n) is 8.19. The van der Waals surface area contributed by atoms with Crippen molar-refractivity contribution in [2.45, 2.75) is 13.3 Å². The molecule has 1 heterocycles. The Labute approximate surface area is 147 Å². The van der Waals surface area contributed by atoms with E-state index >= 15 is 0 Å². The van der Waals surface area contributed by atoms with Gasteiger partial charge < -0.3 is 10.6 Å². The van der Waals surface area contributed by atoms with E-state index in [1.54, 1.807) is 6.20 Å². The van der Waals surface area contributed by atoms with Gasteiger partial charge in [-0.05, 0) is 30.5 Å². The molecule has 0 spiro atoms. The second-order valence-electron chi connectivity index (χ2n) is 5.72. The van der Waals surface area contributed by atoms with Crippen molar-refractivity contribution in [3.63, 3.8) is 0 Å². The van der Waals surface area contributed by atoms with Crippen molar-refractivity contribution in [1.29, 1.82) is 0 Å². The Morgan fingerprint density at radius 1 is 0.960 bits per heavy atom. The number of para-hydroxylation sites is 1. The lowest BCUT2D eigenvalue weighted by Crippen LogP contribution is -2.26. The van der Waals surface area contributed by atoms with Gasteiger partial charge in [0.2, 0.25) is 0 Å². The van der Waals surface area contributed by atoms with Crippen LogP contribution < -0.4 is 10.6 Å². The minimum Gasteiger partial charge on any atom is -0.350 e. The van der Waals surface area contributed by atoms with Crippen LogP contribution in [-0.2, 0) is 6.42 Å². The highest BCUT2D eigenvalue weighted by Crippen LogP contribution is 2.17. The number of hydrogen-bond acceptors (Lipinski definition) is 4. The average molecular weight is 332 g/mol. The summed E-state index contributed by atoms with van der Waals surface area (Å²) in [7, 11) is 0. The topological polar surface area (TPSA) is 66.9 Å². The van der Waals surface area contributed by atoms with E-state index in [4.69, 9.17) is 0 Å². The third kappa shape index (κ3) is 4.64. The van der Waals surface area contributed by atoms with E-state index in [9.17, 15) is 4.79 Å². The fraction of sp³-hybridized carbons (Fsp3) is 0.150. The summed E-state index contributed by atoms with van der Waals surface area (Å²) in [6.07, 6.45) is 3.84. The zero-order chi connectivity index (χ0) is 17.5. The molecule has 0 saturated carbocycles. The Morgan fingerprint density at radius 2 is 1.72 bits per heavy atom. The van der Waals surface area contributed by atoms with Gasteiger partial charge in [0.15, 0.2) is 0 Å². The minimum atomic E-state index is -0.217. The first-order chi connectivity index (χ1) is 12.2. The smallest absolute Gasteiger partial charge is 0.271 e. The van der Waals surface area contributed by atoms with E-state index in [2.05, 4.69) is 20.6 Å². The average Bonchev–Trinajstić information content (AvgIpc) is 2.65. The van der Waals surface area contributed by atoms with Crippen LogP contribution in [0.25, 0.3) is 0 Å². The molecule has 0 aliphatic heterocycles. The monoisotopic (exact) mass is 332 g/mol. The predicted octanol–water partition coefficient (Wildman–Crippen LogP) is 3.50. The molecule has 0 radical (unpaired) electrons. The second kappa shape index (κ2) is 8.06. The summed E-state index contributed by atoms with van der Waals surface area (Å²) in [5.41, 5.74) is 3.58. The van der Waals surface area contributed by atoms with E-state index in [-0.39, 0.29) is 5.91 Å². The molecule has 5 heteroatoms. The van der Waals surface area contributed by atoms with Gasteiger partial charge in [-0.15, -0.1) is 0 Å². The van der Waals surface area contributed by atoms with E-state index in [0.717, 1.165) is 17.7 Å². The van der Waals surface area contributed by atoms with Crippen molar-refractivity contribution < 1.29 is 4.79 Å². The summed E-state index contributed by atoms with van der Waals surface area (Å²) >= 11 is 0. The fourth-order valence-corrected chi connectivity index (χ4v) is 2.42. The Hall–Kier alpha value is -3.21. The number of benzene rings is 2. The fourth-order valence-electron chi connectivity index (χ4n) is 2.42. The van der Waals surface area contributed by atoms with Gasteiger partial charge in [-0.1, -0.05) is 48.5 Å². The lowest BCUT2D eigenvalue weighted by molar-refractivity contribution is 0.0949. The number of nitrogens with one attached hydrogen (secondary N) is 2. The molecule has 0 bridgehead atoms. The number of amides is 1. The number of rotatable bonds is 6. The molecule has 0 aliphatic carbocycles. The summed E-state index contributed by atoms with van der Waals surface area (Å²) in [4.78, 5) is 20.6. The van der Waals surface area contributed by atoms with E-state index in [0.29, 0.717) is 18.1 Å². The van der Waals surface area contributed by atoms with Crippen molar-refractivity contribution in [2.24, 2.45) is 0 Å². The summed E-state index contributed by atoms with van der Waals surface area (Å²) in [6.45, 7) is 2.58. The van der Waals surface area contributed by atoms with Crippen LogP contribution in [0.3, 0.4) is 0 Å². The number of aryl methyl sites for hydroxylation is 1. The minimum absolute atomic E-state index is 0.217. The van der Waals surface area contributed by atoms with Crippen molar-refractivity contribution >= 4 is 17.4 Å². The van der Waals surface area contributed by atoms with Crippen molar-refractivity contribution in [3.8, 4) is 0 Å². The van der Waals surface area contributed by atoms with Gasteiger partial charge in [-0.2, -0.15) is 0 Å². The standard InChI is InChI=1S/C20H20N4O/c1-15-7-5-6-10-17(15)24-19-14-22-18(13-23-19)20(25)21-12-11-16-8-3-2-4-9-16/h2-10,13-14H,11-12H2,1H3,(H,21,25)(H,23,24). The molecule has 2 aromatic carbocycles. The Morgan fingerprint density at radius 3 is 2.44 bits per heavy atom. The molecule has 3 aromatic rings. The zero-order valence-electron chi connectivity index (χ0n) is 14.1. The van der Waals surface area contributed by atoms with Gasteiger partial charge in [-0.3, -0.25) is 4.79 Å². The molecule has 126 valence electrons. The van der Waals surface area contributed by atoms with Gasteiger partial charge in [0.1, 0.15) is 11.5 Å². The van der Waals surface area contributed by atoms with Crippen LogP contribution in [-0.4, -0.2) is 22.4 Å². The molecule has 25 heavy (non-hydrogen) atoms. The lowest BCUT2D eigenvalue weighted by atomic mass is 10.1. The third-order valence-corrected chi connectivity index (χ3v) is 3.83. The quantitative estimate of drug-likeness (QED) is 0.725. The van der Waals surface area contributed by atoms with Crippen molar-refractivity contribution in [1.82, 2.24) is 15.3 Å². The summed E-state index contributed by atoms with van der Waals surface area (Å²) in [5, 5.41) is 6.06. The Balaban J connectivity index is 1.54. The van der Waals surface area contributed by atoms with Gasteiger partial charge >= 0.3 is 0 Å². The highest BCUT2D eigenvalue weighted by Gasteiger charge is 2.08. The molecule has 1 aromatic heterocycles. The molecular weight excluding hydrogens is 312 g/mol. The lowest BCUT2D eigenvalue weighted by Gasteiger charge is -2.09. The zero-order valence-corrected chi connectivity index (χ0v) is 14.1. The van der Waals surface area contributed by atoms with Crippen LogP contribution in [0.4, 0.5) is 11.5 Å². The first-order valence-corrected chi connectivity index (χ1v) is 8.19. The largest absolute Gasteiger partial charge is 0.350 e. The molecule has 1 amide bonds. The van der Waals surface area contributed by atoms with E-state index in [1.165, 1.54) is 11.8 Å². The van der Waals surface area contributed by atoms with Crippen LogP contribution in [0.15, 0.2) is 67.0 Å². The molecule has 2 N–H and O–H groups in total. The maximum atomic E-state index is 12.1. The van der Waals surface area contributed by atoms with Crippen LogP contribution in [0.2, 0.25) is 0 Å². The predicted molar refractivity (Wildman–Crippen MR) is 99.0 cm³/mol. The van der Waals surface area contributed by atoms with Crippen molar-refractivity contribution in [2.75, 3.05) is 11.9 Å². The summed E-state index contributed by atoms with van der Waals surface area (Å²) < 4.78 is 0. The van der Waals surface area contributed by atoms with Gasteiger partial charge in [-0.25, -0.2) is 9.97 Å². The number of hydrogen-bond donors (Lipinski definition) is 2. The molecule has 3 rings (SSSR count). The van der Waals surface area contributed by atoms with Crippen LogP contribution >= 0.6 is 0 Å². The highest BCUT2D eigenvalue weighted by molar-refractivity contribution is 5.92. The molecular formula is C20H20N4O. The Bertz CT molecular complexity index is 832. The number of aromatic nitrogens is 2. The summed E-state index contributed by atoms with van der Waals surface area (Å²) in [5.74, 6) is 0.390. The maximum absolute atomic E-state index is 12.1. The third-order valence-electron chi connectivity index (χ3n) is 3.83.